The highest BCUT2D eigenvalue weighted by molar-refractivity contribution is 7.80. The van der Waals surface area contributed by atoms with Crippen LogP contribution in [0.15, 0.2) is 60.7 Å². The molecule has 0 aliphatic carbocycles. The van der Waals surface area contributed by atoms with Crippen molar-refractivity contribution in [1.82, 2.24) is 20.3 Å². The van der Waals surface area contributed by atoms with E-state index in [4.69, 9.17) is 26.4 Å². The summed E-state index contributed by atoms with van der Waals surface area (Å²) in [6.07, 6.45) is 0. The number of carbonyl (C=O) groups excluding carboxylic acids is 1. The van der Waals surface area contributed by atoms with Crippen molar-refractivity contribution >= 4 is 40.0 Å². The first-order chi connectivity index (χ1) is 16.5. The number of anilines is 1. The van der Waals surface area contributed by atoms with Crippen LogP contribution >= 0.6 is 12.2 Å². The Kier molecular flexibility index (Phi) is 6.88. The Bertz CT molecular complexity index is 1340. The van der Waals surface area contributed by atoms with Gasteiger partial charge in [0, 0.05) is 11.3 Å². The fourth-order valence-corrected chi connectivity index (χ4v) is 3.48. The molecule has 0 bridgehead atoms. The minimum absolute atomic E-state index is 0.151. The highest BCUT2D eigenvalue weighted by atomic mass is 32.1. The number of nitrogens with one attached hydrogen (secondary N) is 2. The standard InChI is InChI=1S/C24H23N5O4S/c1-4-33-18-9-7-17(8-10-18)29-27-19-11-6-16(14-20(19)28-29)25-24(34)26-23(30)15-5-12-21(31-2)22(13-15)32-3/h5-14H,4H2,1-3H3,(H2,25,26,30,34). The van der Waals surface area contributed by atoms with Crippen LogP contribution in [0.5, 0.6) is 17.2 Å². The van der Waals surface area contributed by atoms with Crippen LogP contribution in [-0.2, 0) is 0 Å². The van der Waals surface area contributed by atoms with E-state index in [2.05, 4.69) is 20.8 Å². The minimum atomic E-state index is -0.374. The van der Waals surface area contributed by atoms with Gasteiger partial charge >= 0.3 is 0 Å². The average Bonchev–Trinajstić information content (AvgIpc) is 3.27. The van der Waals surface area contributed by atoms with Crippen LogP contribution < -0.4 is 24.8 Å². The Morgan fingerprint density at radius 1 is 0.941 bits per heavy atom. The van der Waals surface area contributed by atoms with Crippen molar-refractivity contribution in [3.05, 3.63) is 66.2 Å². The Labute approximate surface area is 201 Å². The molecule has 174 valence electrons. The van der Waals surface area contributed by atoms with Crippen molar-refractivity contribution in [3.63, 3.8) is 0 Å². The molecule has 1 heterocycles. The van der Waals surface area contributed by atoms with E-state index in [1.807, 2.05) is 49.4 Å². The number of ether oxygens (including phenoxy) is 3. The number of nitrogens with zero attached hydrogens (tertiary/aromatic N) is 3. The molecule has 2 N–H and O–H groups in total. The first-order valence-electron chi connectivity index (χ1n) is 10.5. The van der Waals surface area contributed by atoms with Gasteiger partial charge in [0.25, 0.3) is 5.91 Å². The lowest BCUT2D eigenvalue weighted by Crippen LogP contribution is -2.34. The van der Waals surface area contributed by atoms with Gasteiger partial charge in [-0.25, -0.2) is 0 Å². The number of aromatic nitrogens is 3. The molecule has 0 aliphatic rings. The molecule has 0 spiro atoms. The summed E-state index contributed by atoms with van der Waals surface area (Å²) in [6, 6.07) is 17.9. The zero-order valence-corrected chi connectivity index (χ0v) is 19.7. The molecular weight excluding hydrogens is 454 g/mol. The van der Waals surface area contributed by atoms with Crippen molar-refractivity contribution in [2.45, 2.75) is 6.92 Å². The smallest absolute Gasteiger partial charge is 0.257 e. The molecule has 0 unspecified atom stereocenters. The van der Waals surface area contributed by atoms with Gasteiger partial charge in [-0.2, -0.15) is 4.80 Å². The Balaban J connectivity index is 1.44. The van der Waals surface area contributed by atoms with Gasteiger partial charge in [0.1, 0.15) is 16.8 Å². The molecule has 4 aromatic rings. The SMILES string of the molecule is CCOc1ccc(-n2nc3ccc(NC(=S)NC(=O)c4ccc(OC)c(OC)c4)cc3n2)cc1. The molecule has 34 heavy (non-hydrogen) atoms. The third-order valence-electron chi connectivity index (χ3n) is 4.89. The lowest BCUT2D eigenvalue weighted by Gasteiger charge is -2.11. The van der Waals surface area contributed by atoms with Crippen LogP contribution in [0.25, 0.3) is 16.7 Å². The largest absolute Gasteiger partial charge is 0.494 e. The Morgan fingerprint density at radius 2 is 1.68 bits per heavy atom. The fourth-order valence-electron chi connectivity index (χ4n) is 3.27. The number of methoxy groups -OCH3 is 2. The fraction of sp³-hybridized carbons (Fsp3) is 0.167. The number of rotatable bonds is 7. The van der Waals surface area contributed by atoms with Gasteiger partial charge in [0.15, 0.2) is 16.6 Å². The van der Waals surface area contributed by atoms with E-state index >= 15 is 0 Å². The minimum Gasteiger partial charge on any atom is -0.494 e. The van der Waals surface area contributed by atoms with Crippen LogP contribution in [0, 0.1) is 0 Å². The quantitative estimate of drug-likeness (QED) is 0.386. The molecule has 0 atom stereocenters. The topological polar surface area (TPSA) is 99.5 Å². The molecule has 1 amide bonds. The molecular formula is C24H23N5O4S. The van der Waals surface area contributed by atoms with Crippen LogP contribution in [-0.4, -0.2) is 46.8 Å². The normalized spacial score (nSPS) is 10.6. The number of benzene rings is 3. The lowest BCUT2D eigenvalue weighted by molar-refractivity contribution is 0.0977. The van der Waals surface area contributed by atoms with Gasteiger partial charge in [0.2, 0.25) is 0 Å². The number of thiocarbonyl (C=S) groups is 1. The third kappa shape index (κ3) is 5.07. The maximum Gasteiger partial charge on any atom is 0.257 e. The molecule has 0 saturated heterocycles. The predicted molar refractivity (Wildman–Crippen MR) is 133 cm³/mol. The summed E-state index contributed by atoms with van der Waals surface area (Å²) in [6.45, 7) is 2.55. The highest BCUT2D eigenvalue weighted by Crippen LogP contribution is 2.27. The molecule has 9 nitrogen and oxygen atoms in total. The summed E-state index contributed by atoms with van der Waals surface area (Å²) in [5.74, 6) is 1.40. The van der Waals surface area contributed by atoms with Crippen molar-refractivity contribution in [1.29, 1.82) is 0 Å². The van der Waals surface area contributed by atoms with E-state index in [0.717, 1.165) is 17.0 Å². The van der Waals surface area contributed by atoms with Crippen molar-refractivity contribution < 1.29 is 19.0 Å². The molecule has 10 heteroatoms. The molecule has 4 rings (SSSR count). The zero-order valence-electron chi connectivity index (χ0n) is 18.9. The Morgan fingerprint density at radius 3 is 2.38 bits per heavy atom. The molecule has 0 radical (unpaired) electrons. The predicted octanol–water partition coefficient (Wildman–Crippen LogP) is 3.96. The van der Waals surface area contributed by atoms with Gasteiger partial charge in [-0.05, 0) is 79.8 Å². The van der Waals surface area contributed by atoms with Crippen LogP contribution in [0.3, 0.4) is 0 Å². The van der Waals surface area contributed by atoms with Crippen molar-refractivity contribution in [2.75, 3.05) is 26.1 Å². The first kappa shape index (κ1) is 23.0. The van der Waals surface area contributed by atoms with E-state index < -0.39 is 0 Å². The maximum absolute atomic E-state index is 12.6. The second-order valence-corrected chi connectivity index (χ2v) is 7.51. The van der Waals surface area contributed by atoms with Crippen molar-refractivity contribution in [2.24, 2.45) is 0 Å². The van der Waals surface area contributed by atoms with Crippen LogP contribution in [0.4, 0.5) is 5.69 Å². The van der Waals surface area contributed by atoms with Gasteiger partial charge in [-0.3, -0.25) is 10.1 Å². The summed E-state index contributed by atoms with van der Waals surface area (Å²) in [7, 11) is 3.04. The zero-order chi connectivity index (χ0) is 24.1. The molecule has 0 saturated carbocycles. The number of fused-ring (bicyclic) bond motifs is 1. The van der Waals surface area contributed by atoms with Crippen LogP contribution in [0.1, 0.15) is 17.3 Å². The maximum atomic E-state index is 12.6. The van der Waals surface area contributed by atoms with Gasteiger partial charge in [-0.1, -0.05) is 0 Å². The number of amides is 1. The molecule has 0 fully saturated rings. The summed E-state index contributed by atoms with van der Waals surface area (Å²) >= 11 is 5.31. The van der Waals surface area contributed by atoms with Crippen molar-refractivity contribution in [3.8, 4) is 22.9 Å². The van der Waals surface area contributed by atoms with E-state index in [-0.39, 0.29) is 11.0 Å². The van der Waals surface area contributed by atoms with E-state index in [1.165, 1.54) is 14.2 Å². The summed E-state index contributed by atoms with van der Waals surface area (Å²) in [5.41, 5.74) is 3.26. The molecule has 0 aliphatic heterocycles. The van der Waals surface area contributed by atoms with E-state index in [1.54, 1.807) is 23.0 Å². The third-order valence-corrected chi connectivity index (χ3v) is 5.09. The van der Waals surface area contributed by atoms with E-state index in [9.17, 15) is 4.79 Å². The number of hydrogen-bond donors (Lipinski definition) is 2. The lowest BCUT2D eigenvalue weighted by atomic mass is 10.2. The average molecular weight is 478 g/mol. The summed E-state index contributed by atoms with van der Waals surface area (Å²) < 4.78 is 15.9. The molecule has 3 aromatic carbocycles. The first-order valence-corrected chi connectivity index (χ1v) is 10.9. The summed E-state index contributed by atoms with van der Waals surface area (Å²) in [4.78, 5) is 14.1. The highest BCUT2D eigenvalue weighted by Gasteiger charge is 2.13. The second-order valence-electron chi connectivity index (χ2n) is 7.10. The van der Waals surface area contributed by atoms with Crippen LogP contribution in [0.2, 0.25) is 0 Å². The second kappa shape index (κ2) is 10.2. The number of carbonyl (C=O) groups is 1. The van der Waals surface area contributed by atoms with Gasteiger partial charge in [-0.15, -0.1) is 10.2 Å². The Hall–Kier alpha value is -4.18. The number of hydrogen-bond acceptors (Lipinski definition) is 7. The van der Waals surface area contributed by atoms with E-state index in [0.29, 0.717) is 34.9 Å². The molecule has 1 aromatic heterocycles. The van der Waals surface area contributed by atoms with Gasteiger partial charge < -0.3 is 19.5 Å². The summed E-state index contributed by atoms with van der Waals surface area (Å²) in [5, 5.41) is 14.9. The van der Waals surface area contributed by atoms with Gasteiger partial charge in [0.05, 0.1) is 26.5 Å². The monoisotopic (exact) mass is 477 g/mol.